The zero-order valence-corrected chi connectivity index (χ0v) is 18.5. The molecule has 3 aromatic rings. The van der Waals surface area contributed by atoms with Gasteiger partial charge in [-0.1, -0.05) is 56.7 Å². The lowest BCUT2D eigenvalue weighted by atomic mass is 9.86. The van der Waals surface area contributed by atoms with Gasteiger partial charge in [-0.3, -0.25) is 9.69 Å². The van der Waals surface area contributed by atoms with Gasteiger partial charge in [0.25, 0.3) is 5.91 Å². The van der Waals surface area contributed by atoms with Crippen LogP contribution in [0.1, 0.15) is 34.6 Å². The van der Waals surface area contributed by atoms with Crippen LogP contribution >= 0.6 is 48.8 Å². The fourth-order valence-electron chi connectivity index (χ4n) is 3.46. The summed E-state index contributed by atoms with van der Waals surface area (Å²) < 4.78 is 1.70. The van der Waals surface area contributed by atoms with Crippen molar-refractivity contribution in [1.82, 2.24) is 0 Å². The van der Waals surface area contributed by atoms with Gasteiger partial charge in [-0.25, -0.2) is 0 Å². The fraction of sp³-hybridized carbons (Fsp3) is 0.200. The van der Waals surface area contributed by atoms with Crippen molar-refractivity contribution in [3.8, 4) is 11.1 Å². The van der Waals surface area contributed by atoms with Gasteiger partial charge in [-0.05, 0) is 61.0 Å². The Hall–Kier alpha value is -1.34. The Labute approximate surface area is 173 Å². The molecule has 132 valence electrons. The molecule has 0 fully saturated rings. The average Bonchev–Trinajstić information content (AvgIpc) is 2.98. The lowest BCUT2D eigenvalue weighted by Crippen LogP contribution is -2.47. The van der Waals surface area contributed by atoms with Crippen LogP contribution in [-0.2, 0) is 5.54 Å². The van der Waals surface area contributed by atoms with E-state index < -0.39 is 5.54 Å². The largest absolute Gasteiger partial charge is 0.297 e. The third-order valence-electron chi connectivity index (χ3n) is 4.72. The Morgan fingerprint density at radius 2 is 1.88 bits per heavy atom. The summed E-state index contributed by atoms with van der Waals surface area (Å²) in [6.07, 6.45) is 0. The highest BCUT2D eigenvalue weighted by Crippen LogP contribution is 2.52. The highest BCUT2D eigenvalue weighted by atomic mass is 79.9. The maximum atomic E-state index is 13.6. The van der Waals surface area contributed by atoms with E-state index in [1.165, 1.54) is 0 Å². The molecule has 0 N–H and O–H groups in total. The summed E-state index contributed by atoms with van der Waals surface area (Å²) >= 11 is 9.16. The molecule has 2 heterocycles. The van der Waals surface area contributed by atoms with Crippen LogP contribution in [-0.4, -0.2) is 5.91 Å². The van der Waals surface area contributed by atoms with E-state index in [2.05, 4.69) is 48.8 Å². The molecule has 0 radical (unpaired) electrons. The number of halogens is 1. The van der Waals surface area contributed by atoms with Crippen molar-refractivity contribution >= 4 is 60.4 Å². The van der Waals surface area contributed by atoms with Crippen molar-refractivity contribution < 1.29 is 4.79 Å². The Kier molecular flexibility index (Phi) is 4.42. The number of benzene rings is 2. The Balaban J connectivity index is 2.01. The summed E-state index contributed by atoms with van der Waals surface area (Å²) in [6, 6.07) is 13.8. The summed E-state index contributed by atoms with van der Waals surface area (Å²) in [5.74, 6) is -0.0115. The number of hydrogen-bond acceptors (Lipinski definition) is 4. The van der Waals surface area contributed by atoms with Crippen molar-refractivity contribution in [2.45, 2.75) is 26.3 Å². The molecule has 0 saturated heterocycles. The first-order valence-electron chi connectivity index (χ1n) is 8.16. The number of fused-ring (bicyclic) bond motifs is 3. The van der Waals surface area contributed by atoms with Gasteiger partial charge < -0.3 is 0 Å². The monoisotopic (exact) mass is 461 g/mol. The molecule has 0 aliphatic carbocycles. The van der Waals surface area contributed by atoms with Gasteiger partial charge in [0.2, 0.25) is 0 Å². The van der Waals surface area contributed by atoms with Crippen LogP contribution in [0.15, 0.2) is 46.9 Å². The van der Waals surface area contributed by atoms with Crippen LogP contribution in [0.5, 0.6) is 0 Å². The van der Waals surface area contributed by atoms with E-state index in [4.69, 9.17) is 12.2 Å². The number of hydrogen-bond donors (Lipinski definition) is 0. The minimum absolute atomic E-state index is 0.0115. The normalized spacial score (nSPS) is 14.7. The molecule has 26 heavy (non-hydrogen) atoms. The standard InChI is InChI=1S/C20H16BrNOS3/c1-11-8-9-15-13(10-11)16-17(25-26-19(16)24)20(2,3)22(15)18(23)12-6-4-5-7-14(12)21/h4-10H,1-3H3. The highest BCUT2D eigenvalue weighted by molar-refractivity contribution is 9.10. The number of amides is 1. The van der Waals surface area contributed by atoms with Crippen LogP contribution in [0.3, 0.4) is 0 Å². The van der Waals surface area contributed by atoms with E-state index in [0.717, 1.165) is 35.6 Å². The third-order valence-corrected chi connectivity index (χ3v) is 8.74. The second-order valence-corrected chi connectivity index (χ2v) is 10.5. The zero-order chi connectivity index (χ0) is 18.6. The van der Waals surface area contributed by atoms with Gasteiger partial charge in [-0.15, -0.1) is 0 Å². The quantitative estimate of drug-likeness (QED) is 0.282. The predicted molar refractivity (Wildman–Crippen MR) is 117 cm³/mol. The predicted octanol–water partition coefficient (Wildman–Crippen LogP) is 7.17. The molecule has 0 bridgehead atoms. The Bertz CT molecular complexity index is 1100. The number of nitrogens with zero attached hydrogens (tertiary/aromatic N) is 1. The fourth-order valence-corrected chi connectivity index (χ4v) is 7.20. The van der Waals surface area contributed by atoms with Gasteiger partial charge in [0.15, 0.2) is 0 Å². The van der Waals surface area contributed by atoms with E-state index in [1.807, 2.05) is 35.2 Å². The van der Waals surface area contributed by atoms with Gasteiger partial charge in [0.05, 0.1) is 21.7 Å². The maximum absolute atomic E-state index is 13.6. The van der Waals surface area contributed by atoms with Crippen LogP contribution in [0.25, 0.3) is 11.1 Å². The molecule has 2 aromatic carbocycles. The molecule has 1 aliphatic heterocycles. The molecule has 2 nitrogen and oxygen atoms in total. The lowest BCUT2D eigenvalue weighted by Gasteiger charge is -2.43. The molecule has 1 amide bonds. The van der Waals surface area contributed by atoms with E-state index in [9.17, 15) is 4.79 Å². The summed E-state index contributed by atoms with van der Waals surface area (Å²) in [4.78, 5) is 16.7. The number of carbonyl (C=O) groups excluding carboxylic acids is 1. The SMILES string of the molecule is Cc1ccc2c(c1)-c1c(ssc1=S)C(C)(C)N2C(=O)c1ccccc1Br. The molecule has 1 aliphatic rings. The van der Waals surface area contributed by atoms with Gasteiger partial charge in [0.1, 0.15) is 3.82 Å². The topological polar surface area (TPSA) is 20.3 Å². The molecule has 6 heteroatoms. The molecule has 0 spiro atoms. The maximum Gasteiger partial charge on any atom is 0.260 e. The van der Waals surface area contributed by atoms with Gasteiger partial charge in [0, 0.05) is 15.6 Å². The van der Waals surface area contributed by atoms with Crippen molar-refractivity contribution in [2.75, 3.05) is 4.90 Å². The summed E-state index contributed by atoms with van der Waals surface area (Å²) in [7, 11) is 3.29. The number of carbonyl (C=O) groups is 1. The summed E-state index contributed by atoms with van der Waals surface area (Å²) in [5, 5.41) is 0. The smallest absolute Gasteiger partial charge is 0.260 e. The molecule has 0 saturated carbocycles. The zero-order valence-electron chi connectivity index (χ0n) is 14.5. The molecular formula is C20H16BrNOS3. The molecule has 1 aromatic heterocycles. The first-order valence-corrected chi connectivity index (χ1v) is 11.5. The van der Waals surface area contributed by atoms with E-state index >= 15 is 0 Å². The van der Waals surface area contributed by atoms with Crippen molar-refractivity contribution in [3.05, 3.63) is 66.8 Å². The van der Waals surface area contributed by atoms with Crippen molar-refractivity contribution in [2.24, 2.45) is 0 Å². The summed E-state index contributed by atoms with van der Waals surface area (Å²) in [5.41, 5.74) is 4.45. The minimum Gasteiger partial charge on any atom is -0.297 e. The molecular weight excluding hydrogens is 446 g/mol. The minimum atomic E-state index is -0.470. The highest BCUT2D eigenvalue weighted by Gasteiger charge is 2.43. The Morgan fingerprint density at radius 1 is 1.15 bits per heavy atom. The first-order chi connectivity index (χ1) is 12.3. The van der Waals surface area contributed by atoms with E-state index in [1.54, 1.807) is 20.7 Å². The third kappa shape index (κ3) is 2.62. The summed E-state index contributed by atoms with van der Waals surface area (Å²) in [6.45, 7) is 6.27. The van der Waals surface area contributed by atoms with E-state index in [-0.39, 0.29) is 5.91 Å². The van der Waals surface area contributed by atoms with Gasteiger partial charge in [-0.2, -0.15) is 0 Å². The lowest BCUT2D eigenvalue weighted by molar-refractivity contribution is 0.0961. The van der Waals surface area contributed by atoms with Crippen molar-refractivity contribution in [1.29, 1.82) is 0 Å². The van der Waals surface area contributed by atoms with Crippen molar-refractivity contribution in [3.63, 3.8) is 0 Å². The number of aryl methyl sites for hydroxylation is 1. The second kappa shape index (κ2) is 6.37. The van der Waals surface area contributed by atoms with Gasteiger partial charge >= 0.3 is 0 Å². The van der Waals surface area contributed by atoms with Crippen LogP contribution in [0.4, 0.5) is 5.69 Å². The van der Waals surface area contributed by atoms with Crippen LogP contribution < -0.4 is 4.90 Å². The molecule has 0 atom stereocenters. The number of anilines is 1. The van der Waals surface area contributed by atoms with Crippen LogP contribution in [0.2, 0.25) is 0 Å². The van der Waals surface area contributed by atoms with Crippen LogP contribution in [0, 0.1) is 10.7 Å². The first kappa shape index (κ1) is 18.0. The Morgan fingerprint density at radius 3 is 2.62 bits per heavy atom. The second-order valence-electron chi connectivity index (χ2n) is 6.86. The van der Waals surface area contributed by atoms with E-state index in [0.29, 0.717) is 5.56 Å². The number of rotatable bonds is 1. The average molecular weight is 462 g/mol. The molecule has 0 unspecified atom stereocenters. The molecule has 4 rings (SSSR count).